The number of hydrogen-bond donors (Lipinski definition) is 0. The molecule has 0 N–H and O–H groups in total. The van der Waals surface area contributed by atoms with Gasteiger partial charge in [-0.25, -0.2) is 4.39 Å². The van der Waals surface area contributed by atoms with Crippen molar-refractivity contribution in [1.82, 2.24) is 15.0 Å². The van der Waals surface area contributed by atoms with Crippen molar-refractivity contribution in [2.45, 2.75) is 19.9 Å². The summed E-state index contributed by atoms with van der Waals surface area (Å²) in [5.41, 5.74) is 2.93. The second-order valence-corrected chi connectivity index (χ2v) is 6.78. The van der Waals surface area contributed by atoms with Crippen molar-refractivity contribution in [3.8, 4) is 11.4 Å². The highest BCUT2D eigenvalue weighted by Crippen LogP contribution is 2.21. The fourth-order valence-corrected chi connectivity index (χ4v) is 3.37. The SMILES string of the molecule is CCc1ccc(-c2noc(CN3CCN(c4ccccc4F)CC3)n2)cc1. The minimum atomic E-state index is -0.165. The lowest BCUT2D eigenvalue weighted by Crippen LogP contribution is -2.46. The fraction of sp³-hybridized carbons (Fsp3) is 0.333. The molecule has 140 valence electrons. The van der Waals surface area contributed by atoms with E-state index in [0.29, 0.717) is 23.9 Å². The van der Waals surface area contributed by atoms with Crippen molar-refractivity contribution in [3.63, 3.8) is 0 Å². The highest BCUT2D eigenvalue weighted by atomic mass is 19.1. The molecule has 0 atom stereocenters. The number of anilines is 1. The summed E-state index contributed by atoms with van der Waals surface area (Å²) in [6.45, 7) is 5.97. The fourth-order valence-electron chi connectivity index (χ4n) is 3.37. The van der Waals surface area contributed by atoms with Crippen LogP contribution >= 0.6 is 0 Å². The van der Waals surface area contributed by atoms with Gasteiger partial charge in [-0.1, -0.05) is 48.5 Å². The molecule has 4 rings (SSSR count). The molecule has 0 spiro atoms. The lowest BCUT2D eigenvalue weighted by molar-refractivity contribution is 0.215. The van der Waals surface area contributed by atoms with Crippen molar-refractivity contribution in [1.29, 1.82) is 0 Å². The Kier molecular flexibility index (Phi) is 5.16. The summed E-state index contributed by atoms with van der Waals surface area (Å²) in [6.07, 6.45) is 1.01. The van der Waals surface area contributed by atoms with Gasteiger partial charge < -0.3 is 9.42 Å². The zero-order valence-corrected chi connectivity index (χ0v) is 15.4. The Morgan fingerprint density at radius 1 is 1.00 bits per heavy atom. The molecule has 1 aromatic heterocycles. The first-order valence-electron chi connectivity index (χ1n) is 9.36. The predicted octanol–water partition coefficient (Wildman–Crippen LogP) is 3.76. The van der Waals surface area contributed by atoms with Gasteiger partial charge in [-0.2, -0.15) is 4.98 Å². The molecule has 1 aliphatic heterocycles. The molecule has 0 unspecified atom stereocenters. The molecule has 2 heterocycles. The van der Waals surface area contributed by atoms with Crippen LogP contribution in [0.25, 0.3) is 11.4 Å². The van der Waals surface area contributed by atoms with Gasteiger partial charge in [0, 0.05) is 31.7 Å². The van der Waals surface area contributed by atoms with Gasteiger partial charge in [-0.3, -0.25) is 4.90 Å². The second kappa shape index (κ2) is 7.88. The summed E-state index contributed by atoms with van der Waals surface area (Å²) < 4.78 is 19.4. The Balaban J connectivity index is 1.35. The van der Waals surface area contributed by atoms with E-state index in [2.05, 4.69) is 39.0 Å². The summed E-state index contributed by atoms with van der Waals surface area (Å²) in [7, 11) is 0. The van der Waals surface area contributed by atoms with Gasteiger partial charge in [-0.05, 0) is 24.1 Å². The van der Waals surface area contributed by atoms with Gasteiger partial charge in [-0.15, -0.1) is 0 Å². The Morgan fingerprint density at radius 2 is 1.74 bits per heavy atom. The van der Waals surface area contributed by atoms with E-state index in [-0.39, 0.29) is 5.82 Å². The number of rotatable bonds is 5. The monoisotopic (exact) mass is 366 g/mol. The van der Waals surface area contributed by atoms with E-state index in [4.69, 9.17) is 4.52 Å². The molecule has 0 saturated carbocycles. The zero-order chi connectivity index (χ0) is 18.6. The van der Waals surface area contributed by atoms with Crippen molar-refractivity contribution in [2.24, 2.45) is 0 Å². The topological polar surface area (TPSA) is 45.4 Å². The summed E-state index contributed by atoms with van der Waals surface area (Å²) in [5, 5.41) is 4.11. The summed E-state index contributed by atoms with van der Waals surface area (Å²) in [6, 6.07) is 15.2. The van der Waals surface area contributed by atoms with Crippen LogP contribution in [0.4, 0.5) is 10.1 Å². The normalized spacial score (nSPS) is 15.3. The Hall–Kier alpha value is -2.73. The van der Waals surface area contributed by atoms with Crippen LogP contribution in [0.3, 0.4) is 0 Å². The van der Waals surface area contributed by atoms with E-state index in [1.165, 1.54) is 11.6 Å². The van der Waals surface area contributed by atoms with Gasteiger partial charge in [0.15, 0.2) is 0 Å². The third kappa shape index (κ3) is 4.01. The van der Waals surface area contributed by atoms with E-state index in [1.807, 2.05) is 24.3 Å². The van der Waals surface area contributed by atoms with E-state index < -0.39 is 0 Å². The molecular weight excluding hydrogens is 343 g/mol. The first-order chi connectivity index (χ1) is 13.2. The molecule has 6 heteroatoms. The standard InChI is InChI=1S/C21H23FN4O/c1-2-16-7-9-17(10-8-16)21-23-20(27-24-21)15-25-11-13-26(14-12-25)19-6-4-3-5-18(19)22/h3-10H,2,11-15H2,1H3. The molecule has 27 heavy (non-hydrogen) atoms. The Labute approximate surface area is 158 Å². The van der Waals surface area contributed by atoms with Crippen LogP contribution in [0.5, 0.6) is 0 Å². The second-order valence-electron chi connectivity index (χ2n) is 6.78. The van der Waals surface area contributed by atoms with E-state index in [9.17, 15) is 4.39 Å². The molecule has 1 saturated heterocycles. The van der Waals surface area contributed by atoms with Crippen LogP contribution in [0.15, 0.2) is 53.1 Å². The molecule has 0 amide bonds. The summed E-state index contributed by atoms with van der Waals surface area (Å²) >= 11 is 0. The number of hydrogen-bond acceptors (Lipinski definition) is 5. The third-order valence-electron chi connectivity index (χ3n) is 5.01. The van der Waals surface area contributed by atoms with Gasteiger partial charge in [0.2, 0.25) is 11.7 Å². The first-order valence-corrected chi connectivity index (χ1v) is 9.36. The summed E-state index contributed by atoms with van der Waals surface area (Å²) in [5.74, 6) is 1.07. The average Bonchev–Trinajstić information content (AvgIpc) is 3.18. The van der Waals surface area contributed by atoms with E-state index in [0.717, 1.165) is 38.2 Å². The molecule has 1 aliphatic rings. The van der Waals surface area contributed by atoms with Crippen molar-refractivity contribution < 1.29 is 8.91 Å². The molecule has 0 aliphatic carbocycles. The first kappa shape index (κ1) is 17.7. The largest absolute Gasteiger partial charge is 0.367 e. The number of piperazine rings is 1. The van der Waals surface area contributed by atoms with Crippen molar-refractivity contribution in [2.75, 3.05) is 31.1 Å². The minimum absolute atomic E-state index is 0.165. The van der Waals surface area contributed by atoms with Crippen LogP contribution in [0.1, 0.15) is 18.4 Å². The van der Waals surface area contributed by atoms with Gasteiger partial charge in [0.05, 0.1) is 12.2 Å². The number of aromatic nitrogens is 2. The number of nitrogens with zero attached hydrogens (tertiary/aromatic N) is 4. The maximum absolute atomic E-state index is 13.9. The highest BCUT2D eigenvalue weighted by Gasteiger charge is 2.21. The Bertz CT molecular complexity index is 885. The lowest BCUT2D eigenvalue weighted by Gasteiger charge is -2.35. The molecule has 5 nitrogen and oxygen atoms in total. The van der Waals surface area contributed by atoms with Gasteiger partial charge in [0.25, 0.3) is 0 Å². The predicted molar refractivity (Wildman–Crippen MR) is 103 cm³/mol. The van der Waals surface area contributed by atoms with Crippen LogP contribution < -0.4 is 4.90 Å². The van der Waals surface area contributed by atoms with Crippen LogP contribution in [0.2, 0.25) is 0 Å². The Morgan fingerprint density at radius 3 is 2.44 bits per heavy atom. The van der Waals surface area contributed by atoms with Gasteiger partial charge in [0.1, 0.15) is 5.82 Å². The summed E-state index contributed by atoms with van der Waals surface area (Å²) in [4.78, 5) is 8.87. The molecule has 1 fully saturated rings. The number of para-hydroxylation sites is 1. The maximum Gasteiger partial charge on any atom is 0.241 e. The lowest BCUT2D eigenvalue weighted by atomic mass is 10.1. The van der Waals surface area contributed by atoms with E-state index in [1.54, 1.807) is 6.07 Å². The zero-order valence-electron chi connectivity index (χ0n) is 15.4. The molecule has 0 bridgehead atoms. The van der Waals surface area contributed by atoms with Crippen LogP contribution in [-0.2, 0) is 13.0 Å². The number of aryl methyl sites for hydroxylation is 1. The van der Waals surface area contributed by atoms with Crippen LogP contribution in [0, 0.1) is 5.82 Å². The smallest absolute Gasteiger partial charge is 0.241 e. The van der Waals surface area contributed by atoms with Crippen molar-refractivity contribution >= 4 is 5.69 Å². The molecule has 0 radical (unpaired) electrons. The van der Waals surface area contributed by atoms with Crippen molar-refractivity contribution in [3.05, 3.63) is 65.8 Å². The third-order valence-corrected chi connectivity index (χ3v) is 5.01. The molecule has 2 aromatic carbocycles. The maximum atomic E-state index is 13.9. The molecule has 3 aromatic rings. The molecular formula is C21H23FN4O. The number of halogens is 1. The van der Waals surface area contributed by atoms with Gasteiger partial charge >= 0.3 is 0 Å². The highest BCUT2D eigenvalue weighted by molar-refractivity contribution is 5.54. The van der Waals surface area contributed by atoms with E-state index >= 15 is 0 Å². The van der Waals surface area contributed by atoms with Crippen LogP contribution in [-0.4, -0.2) is 41.2 Å². The quantitative estimate of drug-likeness (QED) is 0.688. The average molecular weight is 366 g/mol. The minimum Gasteiger partial charge on any atom is -0.367 e. The number of benzene rings is 2.